The van der Waals surface area contributed by atoms with Crippen molar-refractivity contribution in [2.24, 2.45) is 0 Å². The first kappa shape index (κ1) is 13.0. The Labute approximate surface area is 125 Å². The molecule has 2 fully saturated rings. The molecule has 0 bridgehead atoms. The van der Waals surface area contributed by atoms with Gasteiger partial charge in [-0.3, -0.25) is 4.84 Å². The number of hydrogen-bond donors (Lipinski definition) is 0. The van der Waals surface area contributed by atoms with E-state index in [0.29, 0.717) is 6.04 Å². The molecule has 0 spiro atoms. The smallest absolute Gasteiger partial charge is 0.158 e. The van der Waals surface area contributed by atoms with Crippen molar-refractivity contribution in [3.8, 4) is 0 Å². The Balaban J connectivity index is 1.92. The number of nitrogens with zero attached hydrogens (tertiary/aromatic N) is 2. The normalized spacial score (nSPS) is 25.1. The van der Waals surface area contributed by atoms with Crippen LogP contribution in [0.4, 0.5) is 0 Å². The van der Waals surface area contributed by atoms with Gasteiger partial charge in [0.05, 0.1) is 6.04 Å². The van der Waals surface area contributed by atoms with Gasteiger partial charge in [0.2, 0.25) is 0 Å². The Kier molecular flexibility index (Phi) is 3.07. The van der Waals surface area contributed by atoms with E-state index in [1.165, 1.54) is 17.5 Å². The van der Waals surface area contributed by atoms with Gasteiger partial charge in [-0.15, -0.1) is 5.17 Å². The zero-order valence-corrected chi connectivity index (χ0v) is 12.3. The van der Waals surface area contributed by atoms with Gasteiger partial charge in [0, 0.05) is 13.6 Å². The molecule has 0 saturated carbocycles. The quantitative estimate of drug-likeness (QED) is 0.840. The minimum absolute atomic E-state index is 0.368. The topological polar surface area (TPSA) is 15.7 Å². The molecule has 0 aliphatic carbocycles. The third-order valence-electron chi connectivity index (χ3n) is 4.74. The van der Waals surface area contributed by atoms with Crippen molar-refractivity contribution in [3.63, 3.8) is 0 Å². The average Bonchev–Trinajstić information content (AvgIpc) is 3.13. The molecule has 3 heteroatoms. The average molecular weight is 280 g/mol. The third kappa shape index (κ3) is 1.85. The largest absolute Gasteiger partial charge is 0.266 e. The molecule has 3 nitrogen and oxygen atoms in total. The highest BCUT2D eigenvalue weighted by atomic mass is 16.7. The van der Waals surface area contributed by atoms with E-state index in [1.54, 1.807) is 0 Å². The minimum Gasteiger partial charge on any atom is -0.266 e. The molecule has 108 valence electrons. The van der Waals surface area contributed by atoms with E-state index in [2.05, 4.69) is 65.7 Å². The van der Waals surface area contributed by atoms with Crippen LogP contribution in [0.15, 0.2) is 60.7 Å². The molecule has 2 saturated heterocycles. The summed E-state index contributed by atoms with van der Waals surface area (Å²) in [5.74, 6) is 0. The molecule has 0 N–H and O–H groups in total. The minimum atomic E-state index is -0.395. The number of hydrogen-bond acceptors (Lipinski definition) is 3. The van der Waals surface area contributed by atoms with E-state index in [1.807, 2.05) is 12.2 Å². The van der Waals surface area contributed by atoms with Gasteiger partial charge in [-0.05, 0) is 24.0 Å². The fourth-order valence-corrected chi connectivity index (χ4v) is 3.85. The van der Waals surface area contributed by atoms with Crippen LogP contribution in [0.2, 0.25) is 0 Å². The molecule has 0 amide bonds. The van der Waals surface area contributed by atoms with E-state index in [4.69, 9.17) is 4.84 Å². The van der Waals surface area contributed by atoms with Crippen molar-refractivity contribution in [3.05, 3.63) is 71.8 Å². The van der Waals surface area contributed by atoms with Crippen LogP contribution in [-0.4, -0.2) is 29.8 Å². The lowest BCUT2D eigenvalue weighted by atomic mass is 9.79. The molecular formula is C18H20N2O. The number of hydroxylamine groups is 1. The molecule has 0 radical (unpaired) electrons. The van der Waals surface area contributed by atoms with E-state index < -0.39 is 5.60 Å². The van der Waals surface area contributed by atoms with Gasteiger partial charge in [0.1, 0.15) is 0 Å². The number of benzene rings is 2. The van der Waals surface area contributed by atoms with Crippen molar-refractivity contribution >= 4 is 0 Å². The van der Waals surface area contributed by atoms with Gasteiger partial charge >= 0.3 is 0 Å². The first-order chi connectivity index (χ1) is 10.3. The van der Waals surface area contributed by atoms with Crippen molar-refractivity contribution in [2.75, 3.05) is 13.6 Å². The molecule has 2 aromatic rings. The highest BCUT2D eigenvalue weighted by molar-refractivity contribution is 5.39. The molecule has 1 atom stereocenters. The van der Waals surface area contributed by atoms with Crippen molar-refractivity contribution in [1.82, 2.24) is 10.2 Å². The maximum Gasteiger partial charge on any atom is 0.158 e. The molecule has 0 unspecified atom stereocenters. The van der Waals surface area contributed by atoms with Gasteiger partial charge in [0.15, 0.2) is 5.60 Å². The molecular weight excluding hydrogens is 260 g/mol. The number of hydrazine groups is 1. The molecule has 2 aliphatic heterocycles. The zero-order chi connectivity index (χ0) is 14.3. The summed E-state index contributed by atoms with van der Waals surface area (Å²) in [6, 6.07) is 21.6. The first-order valence-corrected chi connectivity index (χ1v) is 7.63. The Hall–Kier alpha value is -1.68. The Morgan fingerprint density at radius 1 is 0.952 bits per heavy atom. The predicted octanol–water partition coefficient (Wildman–Crippen LogP) is 3.19. The van der Waals surface area contributed by atoms with E-state index in [9.17, 15) is 0 Å². The van der Waals surface area contributed by atoms with Crippen molar-refractivity contribution in [2.45, 2.75) is 24.5 Å². The molecule has 2 aliphatic rings. The van der Waals surface area contributed by atoms with Crippen LogP contribution in [-0.2, 0) is 10.4 Å². The lowest BCUT2D eigenvalue weighted by molar-refractivity contribution is -0.236. The highest BCUT2D eigenvalue weighted by Gasteiger charge is 2.55. The van der Waals surface area contributed by atoms with Gasteiger partial charge < -0.3 is 0 Å². The molecule has 2 heterocycles. The van der Waals surface area contributed by atoms with E-state index in [-0.39, 0.29) is 0 Å². The second kappa shape index (κ2) is 4.95. The summed E-state index contributed by atoms with van der Waals surface area (Å²) in [4.78, 5) is 6.45. The van der Waals surface area contributed by atoms with Gasteiger partial charge in [0.25, 0.3) is 0 Å². The van der Waals surface area contributed by atoms with Gasteiger partial charge in [-0.1, -0.05) is 60.7 Å². The van der Waals surface area contributed by atoms with Crippen molar-refractivity contribution < 1.29 is 4.84 Å². The zero-order valence-electron chi connectivity index (χ0n) is 12.3. The summed E-state index contributed by atoms with van der Waals surface area (Å²) in [5, 5.41) is 4.30. The van der Waals surface area contributed by atoms with Crippen LogP contribution in [0.1, 0.15) is 24.0 Å². The third-order valence-corrected chi connectivity index (χ3v) is 4.74. The van der Waals surface area contributed by atoms with Crippen LogP contribution >= 0.6 is 0 Å². The second-order valence-corrected chi connectivity index (χ2v) is 5.84. The molecule has 0 aromatic heterocycles. The predicted molar refractivity (Wildman–Crippen MR) is 82.2 cm³/mol. The summed E-state index contributed by atoms with van der Waals surface area (Å²) in [7, 11) is 2.02. The van der Waals surface area contributed by atoms with E-state index >= 15 is 0 Å². The fraction of sp³-hybridized carbons (Fsp3) is 0.333. The van der Waals surface area contributed by atoms with Gasteiger partial charge in [-0.25, -0.2) is 5.01 Å². The summed E-state index contributed by atoms with van der Waals surface area (Å²) in [6.45, 7) is 1.07. The number of fused-ring (bicyclic) bond motifs is 1. The SMILES string of the molecule is CN1OC(c2ccccc2)(c2ccccc2)[C@@H]2CCCN21. The monoisotopic (exact) mass is 280 g/mol. The lowest BCUT2D eigenvalue weighted by Gasteiger charge is -2.33. The maximum atomic E-state index is 6.45. The fourth-order valence-electron chi connectivity index (χ4n) is 3.85. The number of rotatable bonds is 2. The molecule has 21 heavy (non-hydrogen) atoms. The summed E-state index contributed by atoms with van der Waals surface area (Å²) < 4.78 is 0. The Morgan fingerprint density at radius 3 is 2.10 bits per heavy atom. The summed E-state index contributed by atoms with van der Waals surface area (Å²) in [5.41, 5.74) is 2.07. The van der Waals surface area contributed by atoms with Crippen LogP contribution < -0.4 is 0 Å². The summed E-state index contributed by atoms with van der Waals surface area (Å²) in [6.07, 6.45) is 2.38. The second-order valence-electron chi connectivity index (χ2n) is 5.84. The molecule has 4 rings (SSSR count). The molecule has 2 aromatic carbocycles. The van der Waals surface area contributed by atoms with Gasteiger partial charge in [-0.2, -0.15) is 0 Å². The van der Waals surface area contributed by atoms with E-state index in [0.717, 1.165) is 13.0 Å². The Bertz CT molecular complexity index is 574. The highest BCUT2D eigenvalue weighted by Crippen LogP contribution is 2.48. The summed E-state index contributed by atoms with van der Waals surface area (Å²) >= 11 is 0. The van der Waals surface area contributed by atoms with Crippen LogP contribution in [0.3, 0.4) is 0 Å². The lowest BCUT2D eigenvalue weighted by Crippen LogP contribution is -2.41. The first-order valence-electron chi connectivity index (χ1n) is 7.63. The van der Waals surface area contributed by atoms with Crippen molar-refractivity contribution in [1.29, 1.82) is 0 Å². The standard InChI is InChI=1S/C18H20N2O/c1-19-20-14-8-13-17(20)18(21-19,15-9-4-2-5-10-15)16-11-6-3-7-12-16/h2-7,9-12,17H,8,13-14H2,1H3/t17-/m0/s1. The Morgan fingerprint density at radius 2 is 1.52 bits per heavy atom. The van der Waals surface area contributed by atoms with Crippen LogP contribution in [0, 0.1) is 0 Å². The maximum absolute atomic E-state index is 6.45. The van der Waals surface area contributed by atoms with Crippen LogP contribution in [0.5, 0.6) is 0 Å². The van der Waals surface area contributed by atoms with Crippen LogP contribution in [0.25, 0.3) is 0 Å².